The number of carbonyl (C=O) groups excluding carboxylic acids is 1. The quantitative estimate of drug-likeness (QED) is 0.612. The Bertz CT molecular complexity index is 543. The standard InChI is InChI=1S/C21H32O3/c1-13-6-8-17-15(12-22)16(5-4-10-20(13,17)2)21(3)11-14-7-9-18(21)19(23)24-14/h12,14-19,23H,1,4-11H2,2-3H3/t14?,15-,16+,17+,18-,19?,20-,21-/m1/s1. The number of hydrogen-bond donors (Lipinski definition) is 1. The van der Waals surface area contributed by atoms with Crippen LogP contribution in [0.15, 0.2) is 12.2 Å². The van der Waals surface area contributed by atoms with Crippen molar-refractivity contribution in [1.29, 1.82) is 0 Å². The second kappa shape index (κ2) is 5.67. The van der Waals surface area contributed by atoms with E-state index in [1.54, 1.807) is 0 Å². The largest absolute Gasteiger partial charge is 0.368 e. The summed E-state index contributed by atoms with van der Waals surface area (Å²) in [7, 11) is 0. The third kappa shape index (κ3) is 2.20. The summed E-state index contributed by atoms with van der Waals surface area (Å²) >= 11 is 0. The summed E-state index contributed by atoms with van der Waals surface area (Å²) in [6, 6.07) is 0. The van der Waals surface area contributed by atoms with Crippen LogP contribution in [0.4, 0.5) is 0 Å². The van der Waals surface area contributed by atoms with Gasteiger partial charge < -0.3 is 14.6 Å². The van der Waals surface area contributed by atoms with Gasteiger partial charge in [-0.25, -0.2) is 0 Å². The summed E-state index contributed by atoms with van der Waals surface area (Å²) in [4.78, 5) is 12.3. The summed E-state index contributed by atoms with van der Waals surface area (Å²) in [5.41, 5.74) is 1.53. The first kappa shape index (κ1) is 16.8. The van der Waals surface area contributed by atoms with E-state index in [0.29, 0.717) is 11.8 Å². The Labute approximate surface area is 145 Å². The number of allylic oxidation sites excluding steroid dienone is 1. The van der Waals surface area contributed by atoms with Crippen LogP contribution in [-0.4, -0.2) is 23.8 Å². The first-order valence-electron chi connectivity index (χ1n) is 9.87. The Morgan fingerprint density at radius 2 is 1.96 bits per heavy atom. The molecule has 5 aliphatic rings. The summed E-state index contributed by atoms with van der Waals surface area (Å²) in [5, 5.41) is 10.5. The maximum atomic E-state index is 12.3. The Balaban J connectivity index is 1.70. The van der Waals surface area contributed by atoms with Crippen LogP contribution >= 0.6 is 0 Å². The Morgan fingerprint density at radius 3 is 2.62 bits per heavy atom. The fraction of sp³-hybridized carbons (Fsp3) is 0.857. The van der Waals surface area contributed by atoms with Gasteiger partial charge in [-0.05, 0) is 67.6 Å². The predicted octanol–water partition coefficient (Wildman–Crippen LogP) is 4.10. The van der Waals surface area contributed by atoms with E-state index in [4.69, 9.17) is 4.74 Å². The van der Waals surface area contributed by atoms with Crippen LogP contribution in [0.25, 0.3) is 0 Å². The van der Waals surface area contributed by atoms with Gasteiger partial charge in [0.25, 0.3) is 0 Å². The lowest BCUT2D eigenvalue weighted by molar-refractivity contribution is -0.276. The second-order valence-corrected chi connectivity index (χ2v) is 9.42. The lowest BCUT2D eigenvalue weighted by atomic mass is 9.53. The highest BCUT2D eigenvalue weighted by Gasteiger charge is 2.58. The van der Waals surface area contributed by atoms with Gasteiger partial charge in [0.05, 0.1) is 6.10 Å². The summed E-state index contributed by atoms with van der Waals surface area (Å²) in [5.74, 6) is 1.10. The van der Waals surface area contributed by atoms with Crippen molar-refractivity contribution in [2.45, 2.75) is 77.6 Å². The molecule has 0 spiro atoms. The van der Waals surface area contributed by atoms with E-state index in [-0.39, 0.29) is 28.8 Å². The van der Waals surface area contributed by atoms with E-state index in [1.807, 2.05) is 0 Å². The van der Waals surface area contributed by atoms with Crippen molar-refractivity contribution >= 4 is 6.29 Å². The van der Waals surface area contributed by atoms with E-state index >= 15 is 0 Å². The Hall–Kier alpha value is -0.670. The number of aliphatic hydroxyl groups is 1. The number of rotatable bonds is 2. The molecule has 2 bridgehead atoms. The van der Waals surface area contributed by atoms with E-state index in [0.717, 1.165) is 38.5 Å². The molecule has 0 aromatic rings. The minimum absolute atomic E-state index is 0.0291. The minimum Gasteiger partial charge on any atom is -0.368 e. The summed E-state index contributed by atoms with van der Waals surface area (Å²) in [6.45, 7) is 9.03. The van der Waals surface area contributed by atoms with Crippen LogP contribution in [0.5, 0.6) is 0 Å². The molecule has 2 unspecified atom stereocenters. The average molecular weight is 332 g/mol. The van der Waals surface area contributed by atoms with Crippen molar-refractivity contribution in [3.8, 4) is 0 Å². The molecular weight excluding hydrogens is 300 g/mol. The van der Waals surface area contributed by atoms with Crippen molar-refractivity contribution in [1.82, 2.24) is 0 Å². The number of fused-ring (bicyclic) bond motifs is 4. The molecule has 5 fully saturated rings. The highest BCUT2D eigenvalue weighted by atomic mass is 16.6. The molecule has 0 radical (unpaired) electrons. The third-order valence-corrected chi connectivity index (χ3v) is 8.52. The average Bonchev–Trinajstić information content (AvgIpc) is 2.74. The van der Waals surface area contributed by atoms with E-state index < -0.39 is 6.29 Å². The fourth-order valence-electron chi connectivity index (χ4n) is 7.04. The van der Waals surface area contributed by atoms with Gasteiger partial charge >= 0.3 is 0 Å². The SMILES string of the molecule is C=C1CC[C@H]2[C@H](C=O)[C@@H]([C@@]3(C)CC4CC[C@@H]3C(O)O4)CCC[C@]12C. The van der Waals surface area contributed by atoms with Crippen LogP contribution in [0.1, 0.15) is 65.2 Å². The minimum atomic E-state index is -0.636. The van der Waals surface area contributed by atoms with Gasteiger partial charge in [0, 0.05) is 11.8 Å². The molecule has 0 amide bonds. The van der Waals surface area contributed by atoms with Gasteiger partial charge in [-0.1, -0.05) is 32.4 Å². The second-order valence-electron chi connectivity index (χ2n) is 9.42. The molecule has 3 nitrogen and oxygen atoms in total. The van der Waals surface area contributed by atoms with Crippen molar-refractivity contribution in [2.75, 3.05) is 0 Å². The molecule has 3 heteroatoms. The van der Waals surface area contributed by atoms with Gasteiger partial charge in [-0.3, -0.25) is 0 Å². The van der Waals surface area contributed by atoms with Gasteiger partial charge in [0.1, 0.15) is 6.29 Å². The first-order valence-corrected chi connectivity index (χ1v) is 9.87. The molecule has 2 heterocycles. The molecule has 3 aliphatic carbocycles. The van der Waals surface area contributed by atoms with Crippen LogP contribution < -0.4 is 0 Å². The number of aliphatic hydroxyl groups excluding tert-OH is 1. The Kier molecular flexibility index (Phi) is 3.96. The maximum absolute atomic E-state index is 12.3. The fourth-order valence-corrected chi connectivity index (χ4v) is 7.04. The molecule has 24 heavy (non-hydrogen) atoms. The zero-order valence-corrected chi connectivity index (χ0v) is 15.2. The molecule has 1 N–H and O–H groups in total. The maximum Gasteiger partial charge on any atom is 0.158 e. The number of ether oxygens (including phenoxy) is 1. The molecule has 0 aromatic heterocycles. The molecule has 8 atom stereocenters. The van der Waals surface area contributed by atoms with E-state index in [1.165, 1.54) is 24.7 Å². The molecule has 5 rings (SSSR count). The normalized spacial score (nSPS) is 54.4. The zero-order valence-electron chi connectivity index (χ0n) is 15.2. The smallest absolute Gasteiger partial charge is 0.158 e. The molecule has 134 valence electrons. The van der Waals surface area contributed by atoms with Crippen molar-refractivity contribution < 1.29 is 14.6 Å². The molecule has 3 saturated carbocycles. The van der Waals surface area contributed by atoms with Gasteiger partial charge in [0.2, 0.25) is 0 Å². The van der Waals surface area contributed by atoms with E-state index in [9.17, 15) is 9.90 Å². The highest BCUT2D eigenvalue weighted by molar-refractivity contribution is 5.56. The molecule has 2 saturated heterocycles. The van der Waals surface area contributed by atoms with Gasteiger partial charge in [-0.15, -0.1) is 0 Å². The topological polar surface area (TPSA) is 46.5 Å². The molecular formula is C21H32O3. The molecule has 2 aliphatic heterocycles. The number of carbonyl (C=O) groups is 1. The van der Waals surface area contributed by atoms with Gasteiger partial charge in [0.15, 0.2) is 6.29 Å². The lowest BCUT2D eigenvalue weighted by Gasteiger charge is -2.57. The van der Waals surface area contributed by atoms with Crippen LogP contribution in [0, 0.1) is 34.5 Å². The van der Waals surface area contributed by atoms with Crippen molar-refractivity contribution in [3.05, 3.63) is 12.2 Å². The Morgan fingerprint density at radius 1 is 1.17 bits per heavy atom. The molecule has 0 aromatic carbocycles. The third-order valence-electron chi connectivity index (χ3n) is 8.52. The number of aldehydes is 1. The van der Waals surface area contributed by atoms with Crippen LogP contribution in [0.2, 0.25) is 0 Å². The first-order chi connectivity index (χ1) is 11.4. The van der Waals surface area contributed by atoms with E-state index in [2.05, 4.69) is 20.4 Å². The lowest BCUT2D eigenvalue weighted by Crippen LogP contribution is -2.56. The highest BCUT2D eigenvalue weighted by Crippen LogP contribution is 2.62. The zero-order chi connectivity index (χ0) is 17.1. The van der Waals surface area contributed by atoms with Crippen molar-refractivity contribution in [2.24, 2.45) is 34.5 Å². The monoisotopic (exact) mass is 332 g/mol. The summed E-state index contributed by atoms with van der Waals surface area (Å²) < 4.78 is 5.75. The van der Waals surface area contributed by atoms with Crippen LogP contribution in [0.3, 0.4) is 0 Å². The predicted molar refractivity (Wildman–Crippen MR) is 93.2 cm³/mol. The number of hydrogen-bond acceptors (Lipinski definition) is 3. The van der Waals surface area contributed by atoms with Crippen molar-refractivity contribution in [3.63, 3.8) is 0 Å². The van der Waals surface area contributed by atoms with Gasteiger partial charge in [-0.2, -0.15) is 0 Å². The van der Waals surface area contributed by atoms with Crippen LogP contribution in [-0.2, 0) is 9.53 Å². The summed E-state index contributed by atoms with van der Waals surface area (Å²) in [6.07, 6.45) is 9.55.